The molecule has 0 saturated heterocycles. The average molecular weight is 738 g/mol. The van der Waals surface area contributed by atoms with Crippen molar-refractivity contribution in [1.29, 1.82) is 0 Å². The summed E-state index contributed by atoms with van der Waals surface area (Å²) >= 11 is 0. The number of hydrogen-bond donors (Lipinski definition) is 0. The molecule has 0 saturated carbocycles. The van der Waals surface area contributed by atoms with Gasteiger partial charge in [-0.25, -0.2) is 0 Å². The predicted octanol–water partition coefficient (Wildman–Crippen LogP) is 15.1. The molecule has 2 aliphatic rings. The average Bonchev–Trinajstić information content (AvgIpc) is 3.73. The number of rotatable bonds is 6. The summed E-state index contributed by atoms with van der Waals surface area (Å²) in [6.07, 6.45) is 7.97. The van der Waals surface area contributed by atoms with Gasteiger partial charge in [-0.1, -0.05) is 180 Å². The highest BCUT2D eigenvalue weighted by Gasteiger charge is 2.38. The van der Waals surface area contributed by atoms with E-state index >= 15 is 0 Å². The highest BCUT2D eigenvalue weighted by Crippen LogP contribution is 2.54. The fraction of sp³-hybridized carbons (Fsp3) is 0.164. The molecule has 2 heteroatoms. The van der Waals surface area contributed by atoms with Crippen LogP contribution in [-0.2, 0) is 10.8 Å². The summed E-state index contributed by atoms with van der Waals surface area (Å²) < 4.78 is 6.28. The van der Waals surface area contributed by atoms with Crippen LogP contribution in [0.25, 0.3) is 60.9 Å². The van der Waals surface area contributed by atoms with Crippen LogP contribution < -0.4 is 4.90 Å². The van der Waals surface area contributed by atoms with Gasteiger partial charge in [-0.15, -0.1) is 0 Å². The molecule has 0 aliphatic heterocycles. The van der Waals surface area contributed by atoms with Gasteiger partial charge in [0.1, 0.15) is 11.2 Å². The molecular formula is C55H47NO. The standard InChI is InChI=1S/C55H47NO/c1-54(2,3)39-30-33-45-48(35-39)55(4,5)47-24-14-23-44(52(45)47)43-20-9-11-25-49(43)56(41-19-13-18-38(34-41)36-16-7-6-8-17-36)40-31-28-37(29-32-40)42-22-15-27-51-53(42)46-21-10-12-26-50(46)57-51/h6-18,20-35,41H,19H2,1-5H3. The van der Waals surface area contributed by atoms with E-state index in [0.717, 1.165) is 34.0 Å². The summed E-state index contributed by atoms with van der Waals surface area (Å²) in [5, 5.41) is 2.30. The van der Waals surface area contributed by atoms with Crippen molar-refractivity contribution in [3.05, 3.63) is 198 Å². The largest absolute Gasteiger partial charge is 0.456 e. The molecule has 0 bridgehead atoms. The van der Waals surface area contributed by atoms with Crippen LogP contribution >= 0.6 is 0 Å². The zero-order chi connectivity index (χ0) is 38.9. The van der Waals surface area contributed by atoms with Crippen molar-refractivity contribution in [1.82, 2.24) is 0 Å². The first-order valence-electron chi connectivity index (χ1n) is 20.3. The second kappa shape index (κ2) is 13.4. The first kappa shape index (κ1) is 35.1. The lowest BCUT2D eigenvalue weighted by molar-refractivity contribution is 0.584. The zero-order valence-corrected chi connectivity index (χ0v) is 33.4. The Kier molecular flexibility index (Phi) is 8.23. The molecular weight excluding hydrogens is 691 g/mol. The van der Waals surface area contributed by atoms with Gasteiger partial charge in [0.15, 0.2) is 0 Å². The van der Waals surface area contributed by atoms with E-state index in [2.05, 4.69) is 209 Å². The van der Waals surface area contributed by atoms with Crippen molar-refractivity contribution in [2.24, 2.45) is 0 Å². The maximum Gasteiger partial charge on any atom is 0.136 e. The number of nitrogens with zero attached hydrogens (tertiary/aromatic N) is 1. The van der Waals surface area contributed by atoms with E-state index in [1.54, 1.807) is 0 Å². The van der Waals surface area contributed by atoms with Crippen molar-refractivity contribution in [2.75, 3.05) is 4.90 Å². The van der Waals surface area contributed by atoms with Crippen molar-refractivity contribution < 1.29 is 4.42 Å². The lowest BCUT2D eigenvalue weighted by Gasteiger charge is -2.35. The van der Waals surface area contributed by atoms with Gasteiger partial charge in [-0.3, -0.25) is 0 Å². The highest BCUT2D eigenvalue weighted by molar-refractivity contribution is 6.12. The minimum atomic E-state index is -0.114. The molecule has 57 heavy (non-hydrogen) atoms. The third-order valence-corrected chi connectivity index (χ3v) is 12.4. The van der Waals surface area contributed by atoms with Gasteiger partial charge >= 0.3 is 0 Å². The first-order chi connectivity index (χ1) is 27.7. The van der Waals surface area contributed by atoms with Crippen molar-refractivity contribution in [3.63, 3.8) is 0 Å². The topological polar surface area (TPSA) is 16.4 Å². The van der Waals surface area contributed by atoms with Crippen LogP contribution in [-0.4, -0.2) is 6.04 Å². The highest BCUT2D eigenvalue weighted by atomic mass is 16.3. The monoisotopic (exact) mass is 737 g/mol. The molecule has 1 unspecified atom stereocenters. The number of para-hydroxylation sites is 2. The molecule has 0 fully saturated rings. The normalized spacial score (nSPS) is 15.7. The Morgan fingerprint density at radius 1 is 0.596 bits per heavy atom. The SMILES string of the molecule is CC(C)(C)c1ccc2c(c1)C(C)(C)c1cccc(-c3ccccc3N(c3ccc(-c4cccc5oc6ccccc6c45)cc3)C3C=C(c4ccccc4)C=CC3)c1-2. The minimum Gasteiger partial charge on any atom is -0.456 e. The molecule has 2 aliphatic carbocycles. The Bertz CT molecular complexity index is 2880. The molecule has 2 nitrogen and oxygen atoms in total. The van der Waals surface area contributed by atoms with Gasteiger partial charge in [0.05, 0.1) is 6.04 Å². The van der Waals surface area contributed by atoms with Crippen LogP contribution in [0.4, 0.5) is 11.4 Å². The summed E-state index contributed by atoms with van der Waals surface area (Å²) in [6, 6.07) is 58.0. The van der Waals surface area contributed by atoms with Crippen LogP contribution in [0.2, 0.25) is 0 Å². The van der Waals surface area contributed by atoms with Crippen LogP contribution in [0.1, 0.15) is 63.3 Å². The molecule has 8 aromatic rings. The number of benzene rings is 7. The number of fused-ring (bicyclic) bond motifs is 6. The van der Waals surface area contributed by atoms with Gasteiger partial charge in [-0.2, -0.15) is 0 Å². The third-order valence-electron chi connectivity index (χ3n) is 12.4. The van der Waals surface area contributed by atoms with Crippen LogP contribution in [0, 0.1) is 0 Å². The van der Waals surface area contributed by atoms with Gasteiger partial charge in [0.25, 0.3) is 0 Å². The van der Waals surface area contributed by atoms with E-state index in [0.29, 0.717) is 0 Å². The Morgan fingerprint density at radius 2 is 1.30 bits per heavy atom. The van der Waals surface area contributed by atoms with Gasteiger partial charge in [0, 0.05) is 33.1 Å². The van der Waals surface area contributed by atoms with E-state index in [1.165, 1.54) is 66.9 Å². The fourth-order valence-corrected chi connectivity index (χ4v) is 9.38. The van der Waals surface area contributed by atoms with E-state index in [-0.39, 0.29) is 16.9 Å². The molecule has 10 rings (SSSR count). The Hall–Kier alpha value is -6.38. The van der Waals surface area contributed by atoms with Gasteiger partial charge in [0.2, 0.25) is 0 Å². The molecule has 1 aromatic heterocycles. The molecule has 0 amide bonds. The minimum absolute atomic E-state index is 0.0742. The van der Waals surface area contributed by atoms with Crippen LogP contribution in [0.5, 0.6) is 0 Å². The summed E-state index contributed by atoms with van der Waals surface area (Å²) in [7, 11) is 0. The molecule has 1 atom stereocenters. The molecule has 7 aromatic carbocycles. The summed E-state index contributed by atoms with van der Waals surface area (Å²) in [4.78, 5) is 2.57. The van der Waals surface area contributed by atoms with Crippen LogP contribution in [0.15, 0.2) is 180 Å². The quantitative estimate of drug-likeness (QED) is 0.169. The lowest BCUT2D eigenvalue weighted by Crippen LogP contribution is -2.30. The van der Waals surface area contributed by atoms with Crippen molar-refractivity contribution >= 4 is 38.9 Å². The lowest BCUT2D eigenvalue weighted by atomic mass is 9.79. The zero-order valence-electron chi connectivity index (χ0n) is 33.4. The molecule has 0 spiro atoms. The van der Waals surface area contributed by atoms with E-state index < -0.39 is 0 Å². The Balaban J connectivity index is 1.14. The summed E-state index contributed by atoms with van der Waals surface area (Å²) in [6.45, 7) is 11.7. The second-order valence-electron chi connectivity index (χ2n) is 17.3. The maximum absolute atomic E-state index is 6.28. The molecule has 0 N–H and O–H groups in total. The second-order valence-corrected chi connectivity index (χ2v) is 17.3. The predicted molar refractivity (Wildman–Crippen MR) is 241 cm³/mol. The third kappa shape index (κ3) is 5.86. The molecule has 0 radical (unpaired) electrons. The molecule has 1 heterocycles. The number of furan rings is 1. The fourth-order valence-electron chi connectivity index (χ4n) is 9.38. The Labute approximate surface area is 336 Å². The number of allylic oxidation sites excluding steroid dienone is 2. The van der Waals surface area contributed by atoms with Gasteiger partial charge < -0.3 is 9.32 Å². The number of hydrogen-bond acceptors (Lipinski definition) is 2. The molecule has 278 valence electrons. The van der Waals surface area contributed by atoms with E-state index in [4.69, 9.17) is 4.42 Å². The summed E-state index contributed by atoms with van der Waals surface area (Å²) in [5.41, 5.74) is 18.4. The van der Waals surface area contributed by atoms with E-state index in [1.807, 2.05) is 6.07 Å². The summed E-state index contributed by atoms with van der Waals surface area (Å²) in [5.74, 6) is 0. The van der Waals surface area contributed by atoms with Crippen molar-refractivity contribution in [3.8, 4) is 33.4 Å². The smallest absolute Gasteiger partial charge is 0.136 e. The van der Waals surface area contributed by atoms with Crippen molar-refractivity contribution in [2.45, 2.75) is 57.9 Å². The Morgan fingerprint density at radius 3 is 2.12 bits per heavy atom. The van der Waals surface area contributed by atoms with Gasteiger partial charge in [-0.05, 0) is 97.8 Å². The maximum atomic E-state index is 6.28. The first-order valence-corrected chi connectivity index (χ1v) is 20.3. The number of anilines is 2. The van der Waals surface area contributed by atoms with E-state index in [9.17, 15) is 0 Å². The van der Waals surface area contributed by atoms with Crippen LogP contribution in [0.3, 0.4) is 0 Å².